The summed E-state index contributed by atoms with van der Waals surface area (Å²) in [6.45, 7) is 4.51. The first-order valence-corrected chi connectivity index (χ1v) is 9.26. The molecule has 0 aliphatic carbocycles. The van der Waals surface area contributed by atoms with Crippen molar-refractivity contribution in [3.05, 3.63) is 41.5 Å². The Hall–Kier alpha value is -1.88. The highest BCUT2D eigenvalue weighted by Crippen LogP contribution is 2.17. The second kappa shape index (κ2) is 11.2. The maximum absolute atomic E-state index is 5.75. The number of benzene rings is 1. The third kappa shape index (κ3) is 6.06. The van der Waals surface area contributed by atoms with Gasteiger partial charge in [-0.05, 0) is 19.4 Å². The van der Waals surface area contributed by atoms with Gasteiger partial charge in [-0.15, -0.1) is 24.0 Å². The molecule has 28 heavy (non-hydrogen) atoms. The number of rotatable bonds is 7. The number of guanidine groups is 1. The van der Waals surface area contributed by atoms with Crippen molar-refractivity contribution < 1.29 is 9.47 Å². The van der Waals surface area contributed by atoms with Gasteiger partial charge in [-0.25, -0.2) is 9.67 Å². The van der Waals surface area contributed by atoms with E-state index < -0.39 is 0 Å². The molecule has 1 aliphatic heterocycles. The number of aliphatic imine (C=N–C) groups is 1. The summed E-state index contributed by atoms with van der Waals surface area (Å²) in [5, 5.41) is 11.2. The highest BCUT2D eigenvalue weighted by atomic mass is 127. The first kappa shape index (κ1) is 22.4. The van der Waals surface area contributed by atoms with Gasteiger partial charge >= 0.3 is 0 Å². The predicted molar refractivity (Wildman–Crippen MR) is 119 cm³/mol. The molecule has 1 aromatic heterocycles. The van der Waals surface area contributed by atoms with E-state index in [1.165, 1.54) is 0 Å². The summed E-state index contributed by atoms with van der Waals surface area (Å²) >= 11 is 0. The molecule has 2 heterocycles. The van der Waals surface area contributed by atoms with E-state index >= 15 is 0 Å². The maximum Gasteiger partial charge on any atom is 0.191 e. The summed E-state index contributed by atoms with van der Waals surface area (Å²) < 4.78 is 13.1. The lowest BCUT2D eigenvalue weighted by Gasteiger charge is -2.25. The lowest BCUT2D eigenvalue weighted by atomic mass is 10.1. The van der Waals surface area contributed by atoms with Crippen molar-refractivity contribution >= 4 is 29.9 Å². The van der Waals surface area contributed by atoms with Gasteiger partial charge in [-0.1, -0.05) is 18.2 Å². The Balaban J connectivity index is 0.00000280. The Morgan fingerprint density at radius 3 is 2.96 bits per heavy atom. The third-order valence-electron chi connectivity index (χ3n) is 4.52. The van der Waals surface area contributed by atoms with Crippen LogP contribution in [0.15, 0.2) is 29.3 Å². The van der Waals surface area contributed by atoms with E-state index in [0.717, 1.165) is 48.3 Å². The van der Waals surface area contributed by atoms with Gasteiger partial charge in [0, 0.05) is 31.6 Å². The summed E-state index contributed by atoms with van der Waals surface area (Å²) in [5.41, 5.74) is 1.05. The highest BCUT2D eigenvalue weighted by molar-refractivity contribution is 14.0. The molecule has 1 aromatic carbocycles. The summed E-state index contributed by atoms with van der Waals surface area (Å²) in [5.74, 6) is 3.53. The molecule has 154 valence electrons. The molecule has 1 aliphatic rings. The number of methoxy groups -OCH3 is 1. The largest absolute Gasteiger partial charge is 0.496 e. The van der Waals surface area contributed by atoms with Crippen molar-refractivity contribution in [2.45, 2.75) is 39.0 Å². The van der Waals surface area contributed by atoms with Gasteiger partial charge < -0.3 is 20.1 Å². The van der Waals surface area contributed by atoms with Crippen molar-refractivity contribution in [1.82, 2.24) is 25.4 Å². The topological polar surface area (TPSA) is 85.6 Å². The fraction of sp³-hybridized carbons (Fsp3) is 0.526. The number of fused-ring (bicyclic) bond motifs is 1. The molecule has 0 saturated carbocycles. The summed E-state index contributed by atoms with van der Waals surface area (Å²) in [4.78, 5) is 8.75. The average Bonchev–Trinajstić information content (AvgIpc) is 3.06. The lowest BCUT2D eigenvalue weighted by molar-refractivity contribution is 0.123. The summed E-state index contributed by atoms with van der Waals surface area (Å²) in [7, 11) is 3.45. The van der Waals surface area contributed by atoms with E-state index in [2.05, 4.69) is 25.7 Å². The molecule has 0 radical (unpaired) electrons. The Kier molecular flexibility index (Phi) is 8.97. The van der Waals surface area contributed by atoms with Crippen molar-refractivity contribution in [3.63, 3.8) is 0 Å². The van der Waals surface area contributed by atoms with Crippen LogP contribution in [0.1, 0.15) is 23.6 Å². The minimum Gasteiger partial charge on any atom is -0.496 e. The number of nitrogens with zero attached hydrogens (tertiary/aromatic N) is 4. The first-order chi connectivity index (χ1) is 13.2. The smallest absolute Gasteiger partial charge is 0.191 e. The van der Waals surface area contributed by atoms with Crippen LogP contribution in [0, 0.1) is 6.92 Å². The Bertz CT molecular complexity index is 780. The fourth-order valence-corrected chi connectivity index (χ4v) is 3.19. The second-order valence-electron chi connectivity index (χ2n) is 6.50. The molecule has 0 fully saturated rings. The number of hydrogen-bond donors (Lipinski definition) is 2. The first-order valence-electron chi connectivity index (χ1n) is 9.26. The molecule has 0 bridgehead atoms. The molecular formula is C19H29IN6O2. The van der Waals surface area contributed by atoms with Crippen molar-refractivity contribution in [1.29, 1.82) is 0 Å². The van der Waals surface area contributed by atoms with Crippen LogP contribution < -0.4 is 15.4 Å². The molecule has 2 aromatic rings. The van der Waals surface area contributed by atoms with Gasteiger partial charge in [0.2, 0.25) is 0 Å². The number of aryl methyl sites for hydroxylation is 2. The quantitative estimate of drug-likeness (QED) is 0.262. The molecule has 9 heteroatoms. The fourth-order valence-electron chi connectivity index (χ4n) is 3.19. The zero-order chi connectivity index (χ0) is 19.1. The molecule has 3 rings (SSSR count). The normalized spacial score (nSPS) is 16.1. The minimum atomic E-state index is 0. The second-order valence-corrected chi connectivity index (χ2v) is 6.50. The molecular weight excluding hydrogens is 471 g/mol. The van der Waals surface area contributed by atoms with Crippen LogP contribution in [0.3, 0.4) is 0 Å². The van der Waals surface area contributed by atoms with Crippen LogP contribution in [0.5, 0.6) is 5.75 Å². The van der Waals surface area contributed by atoms with Gasteiger partial charge in [0.1, 0.15) is 17.4 Å². The van der Waals surface area contributed by atoms with Crippen LogP contribution in [0.25, 0.3) is 0 Å². The van der Waals surface area contributed by atoms with Crippen LogP contribution in [-0.2, 0) is 24.3 Å². The molecule has 8 nitrogen and oxygen atoms in total. The number of halogens is 1. The minimum absolute atomic E-state index is 0. The monoisotopic (exact) mass is 500 g/mol. The van der Waals surface area contributed by atoms with Crippen LogP contribution in [-0.4, -0.2) is 54.1 Å². The lowest BCUT2D eigenvalue weighted by Crippen LogP contribution is -2.47. The van der Waals surface area contributed by atoms with E-state index in [4.69, 9.17) is 9.47 Å². The predicted octanol–water partition coefficient (Wildman–Crippen LogP) is 1.91. The van der Waals surface area contributed by atoms with Gasteiger partial charge in [0.25, 0.3) is 0 Å². The van der Waals surface area contributed by atoms with E-state index in [0.29, 0.717) is 25.8 Å². The number of aromatic nitrogens is 3. The van der Waals surface area contributed by atoms with Crippen LogP contribution in [0.2, 0.25) is 0 Å². The zero-order valence-electron chi connectivity index (χ0n) is 16.6. The highest BCUT2D eigenvalue weighted by Gasteiger charge is 2.21. The number of nitrogens with one attached hydrogen (secondary N) is 2. The average molecular weight is 500 g/mol. The standard InChI is InChI=1S/C19H28N6O2.HI/c1-14-22-18-9-8-16(12-25(18)24-14)23-19(20-2)21-10-11-27-13-15-6-4-5-7-17(15)26-3;/h4-7,16H,8-13H2,1-3H3,(H2,20,21,23);1H. The SMILES string of the molecule is CN=C(NCCOCc1ccccc1OC)NC1CCc2nc(C)nn2C1.I. The molecule has 0 spiro atoms. The number of para-hydroxylation sites is 1. The van der Waals surface area contributed by atoms with E-state index in [1.807, 2.05) is 35.9 Å². The third-order valence-corrected chi connectivity index (χ3v) is 4.52. The van der Waals surface area contributed by atoms with Crippen molar-refractivity contribution in [2.75, 3.05) is 27.3 Å². The van der Waals surface area contributed by atoms with Crippen molar-refractivity contribution in [2.24, 2.45) is 4.99 Å². The van der Waals surface area contributed by atoms with Gasteiger partial charge in [0.05, 0.1) is 26.9 Å². The summed E-state index contributed by atoms with van der Waals surface area (Å²) in [6.07, 6.45) is 1.95. The van der Waals surface area contributed by atoms with E-state index in [9.17, 15) is 0 Å². The molecule has 0 saturated heterocycles. The van der Waals surface area contributed by atoms with Crippen LogP contribution in [0.4, 0.5) is 0 Å². The molecule has 1 atom stereocenters. The Morgan fingerprint density at radius 2 is 2.18 bits per heavy atom. The number of hydrogen-bond acceptors (Lipinski definition) is 5. The summed E-state index contributed by atoms with van der Waals surface area (Å²) in [6, 6.07) is 8.18. The zero-order valence-corrected chi connectivity index (χ0v) is 19.0. The Labute approximate surface area is 183 Å². The van der Waals surface area contributed by atoms with Gasteiger partial charge in [0.15, 0.2) is 5.96 Å². The molecule has 0 amide bonds. The Morgan fingerprint density at radius 1 is 1.36 bits per heavy atom. The van der Waals surface area contributed by atoms with E-state index in [-0.39, 0.29) is 24.0 Å². The molecule has 2 N–H and O–H groups in total. The maximum atomic E-state index is 5.75. The van der Waals surface area contributed by atoms with Crippen molar-refractivity contribution in [3.8, 4) is 5.75 Å². The van der Waals surface area contributed by atoms with Gasteiger partial charge in [-0.3, -0.25) is 4.99 Å². The molecule has 1 unspecified atom stereocenters. The van der Waals surface area contributed by atoms with Gasteiger partial charge in [-0.2, -0.15) is 5.10 Å². The van der Waals surface area contributed by atoms with E-state index in [1.54, 1.807) is 14.2 Å². The number of ether oxygens (including phenoxy) is 2. The van der Waals surface area contributed by atoms with Crippen LogP contribution >= 0.6 is 24.0 Å².